The summed E-state index contributed by atoms with van der Waals surface area (Å²) in [5.74, 6) is 0.116. The molecule has 2 aromatic rings. The van der Waals surface area contributed by atoms with Gasteiger partial charge >= 0.3 is 29.6 Å². The van der Waals surface area contributed by atoms with E-state index >= 15 is 0 Å². The molecule has 2 aromatic carbocycles. The number of unbranched alkanes of at least 4 members (excludes halogenated alkanes) is 7. The maximum atomic E-state index is 11.8. The van der Waals surface area contributed by atoms with Gasteiger partial charge in [-0.05, 0) is 36.6 Å². The number of hydrogen-bond acceptors (Lipinski definition) is 4. The summed E-state index contributed by atoms with van der Waals surface area (Å²) >= 11 is 0. The first-order chi connectivity index (χ1) is 13.4. The summed E-state index contributed by atoms with van der Waals surface area (Å²) < 4.78 is 38.9. The smallest absolute Gasteiger partial charge is 0.872 e. The van der Waals surface area contributed by atoms with Crippen LogP contribution in [-0.2, 0) is 16.5 Å². The molecule has 0 aromatic heterocycles. The van der Waals surface area contributed by atoms with E-state index in [1.165, 1.54) is 50.3 Å². The van der Waals surface area contributed by atoms with E-state index < -0.39 is 10.1 Å². The molecule has 5 nitrogen and oxygen atoms in total. The van der Waals surface area contributed by atoms with Crippen molar-refractivity contribution in [3.8, 4) is 17.2 Å². The van der Waals surface area contributed by atoms with Crippen molar-refractivity contribution < 1.29 is 52.4 Å². The Labute approximate surface area is 196 Å². The topological polar surface area (TPSA) is 86.7 Å². The molecule has 0 aliphatic carbocycles. The Balaban J connectivity index is 0.00000420. The largest absolute Gasteiger partial charge is 1.00 e. The number of benzene rings is 2. The van der Waals surface area contributed by atoms with Crippen molar-refractivity contribution in [2.45, 2.75) is 69.6 Å². The van der Waals surface area contributed by atoms with Gasteiger partial charge in [0.1, 0.15) is 10.6 Å². The number of ether oxygens (including phenoxy) is 1. The normalized spacial score (nSPS) is 11.1. The third-order valence-electron chi connectivity index (χ3n) is 4.66. The molecule has 0 fully saturated rings. The molecule has 0 aliphatic heterocycles. The molecule has 0 bridgehead atoms. The summed E-state index contributed by atoms with van der Waals surface area (Å²) in [6, 6.07) is 10.5. The van der Waals surface area contributed by atoms with Gasteiger partial charge in [0.15, 0.2) is 5.75 Å². The van der Waals surface area contributed by atoms with Gasteiger partial charge in [0.2, 0.25) is 0 Å². The monoisotopic (exact) mass is 428 g/mol. The second-order valence-corrected chi connectivity index (χ2v) is 8.41. The van der Waals surface area contributed by atoms with E-state index in [2.05, 4.69) is 6.92 Å². The number of para-hydroxylation sites is 1. The third-order valence-corrected chi connectivity index (χ3v) is 5.54. The van der Waals surface area contributed by atoms with Crippen LogP contribution in [0.4, 0.5) is 0 Å². The molecule has 0 atom stereocenters. The molecule has 0 heterocycles. The minimum Gasteiger partial charge on any atom is -0.872 e. The SMILES string of the molecule is CCCCCCCCCCc1cccc(S(=O)(=O)O)c1Oc1cccc([O-])c1.[Na+]. The molecule has 0 amide bonds. The Morgan fingerprint density at radius 2 is 1.55 bits per heavy atom. The Bertz CT molecular complexity index is 852. The Morgan fingerprint density at radius 1 is 0.931 bits per heavy atom. The first kappa shape index (κ1) is 26.0. The van der Waals surface area contributed by atoms with Crippen molar-refractivity contribution >= 4 is 10.1 Å². The van der Waals surface area contributed by atoms with Gasteiger partial charge in [-0.15, -0.1) is 5.75 Å². The Morgan fingerprint density at radius 3 is 2.17 bits per heavy atom. The van der Waals surface area contributed by atoms with Crippen LogP contribution in [-0.4, -0.2) is 13.0 Å². The number of aryl methyl sites for hydroxylation is 1. The van der Waals surface area contributed by atoms with Crippen LogP contribution in [0.1, 0.15) is 63.9 Å². The van der Waals surface area contributed by atoms with Crippen LogP contribution in [0.25, 0.3) is 0 Å². The summed E-state index contributed by atoms with van der Waals surface area (Å²) in [4.78, 5) is -0.277. The molecule has 0 radical (unpaired) electrons. The number of hydrogen-bond donors (Lipinski definition) is 1. The van der Waals surface area contributed by atoms with Crippen molar-refractivity contribution in [1.29, 1.82) is 0 Å². The maximum Gasteiger partial charge on any atom is 1.00 e. The van der Waals surface area contributed by atoms with Crippen LogP contribution in [0.15, 0.2) is 47.4 Å². The van der Waals surface area contributed by atoms with Gasteiger partial charge in [0.05, 0.1) is 0 Å². The van der Waals surface area contributed by atoms with Crippen molar-refractivity contribution in [2.75, 3.05) is 0 Å². The van der Waals surface area contributed by atoms with Crippen molar-refractivity contribution in [1.82, 2.24) is 0 Å². The predicted molar refractivity (Wildman–Crippen MR) is 109 cm³/mol. The van der Waals surface area contributed by atoms with E-state index in [4.69, 9.17) is 4.74 Å². The fourth-order valence-electron chi connectivity index (χ4n) is 3.18. The second kappa shape index (κ2) is 13.3. The maximum absolute atomic E-state index is 11.8. The zero-order chi connectivity index (χ0) is 20.4. The fourth-order valence-corrected chi connectivity index (χ4v) is 3.84. The van der Waals surface area contributed by atoms with Gasteiger partial charge in [-0.1, -0.05) is 76.1 Å². The van der Waals surface area contributed by atoms with Gasteiger partial charge < -0.3 is 9.84 Å². The van der Waals surface area contributed by atoms with Crippen LogP contribution < -0.4 is 39.4 Å². The fraction of sp³-hybridized carbons (Fsp3) is 0.455. The van der Waals surface area contributed by atoms with Crippen molar-refractivity contribution in [3.63, 3.8) is 0 Å². The summed E-state index contributed by atoms with van der Waals surface area (Å²) in [6.45, 7) is 2.20. The van der Waals surface area contributed by atoms with E-state index in [0.29, 0.717) is 12.0 Å². The third kappa shape index (κ3) is 9.09. The molecule has 0 spiro atoms. The van der Waals surface area contributed by atoms with Gasteiger partial charge in [-0.3, -0.25) is 4.55 Å². The van der Waals surface area contributed by atoms with E-state index in [1.54, 1.807) is 24.3 Å². The van der Waals surface area contributed by atoms with Crippen LogP contribution in [0.5, 0.6) is 17.2 Å². The molecule has 0 aliphatic rings. The molecule has 29 heavy (non-hydrogen) atoms. The molecule has 2 rings (SSSR count). The van der Waals surface area contributed by atoms with Gasteiger partial charge in [0, 0.05) is 0 Å². The van der Waals surface area contributed by atoms with Crippen LogP contribution in [0, 0.1) is 0 Å². The second-order valence-electron chi connectivity index (χ2n) is 7.02. The summed E-state index contributed by atoms with van der Waals surface area (Å²) in [7, 11) is -4.44. The molecule has 154 valence electrons. The minimum atomic E-state index is -4.44. The first-order valence-electron chi connectivity index (χ1n) is 9.96. The zero-order valence-corrected chi connectivity index (χ0v) is 20.2. The molecule has 1 N–H and O–H groups in total. The summed E-state index contributed by atoms with van der Waals surface area (Å²) in [5.41, 5.74) is 0.706. The van der Waals surface area contributed by atoms with E-state index in [-0.39, 0.29) is 51.7 Å². The summed E-state index contributed by atoms with van der Waals surface area (Å²) in [5, 5.41) is 11.5. The standard InChI is InChI=1S/C22H30O5S.Na/c1-2-3-4-5-6-7-8-9-12-18-13-10-16-21(28(24,25)26)22(18)27-20-15-11-14-19(23)17-20;/h10-11,13-17,23H,2-9,12H2,1H3,(H,24,25,26);/q;+1/p-1. The molecule has 0 saturated carbocycles. The van der Waals surface area contributed by atoms with Gasteiger partial charge in [-0.2, -0.15) is 8.42 Å². The average molecular weight is 429 g/mol. The molecule has 7 heteroatoms. The van der Waals surface area contributed by atoms with E-state index in [0.717, 1.165) is 19.3 Å². The average Bonchev–Trinajstić information content (AvgIpc) is 2.64. The molecule has 0 unspecified atom stereocenters. The summed E-state index contributed by atoms with van der Waals surface area (Å²) in [6.07, 6.45) is 10.0. The predicted octanol–water partition coefficient (Wildman–Crippen LogP) is 2.49. The van der Waals surface area contributed by atoms with Crippen molar-refractivity contribution in [2.24, 2.45) is 0 Å². The van der Waals surface area contributed by atoms with Gasteiger partial charge in [-0.25, -0.2) is 0 Å². The van der Waals surface area contributed by atoms with Gasteiger partial charge in [0.25, 0.3) is 10.1 Å². The Kier molecular flexibility index (Phi) is 11.9. The molecular formula is C22H29NaO5S. The zero-order valence-electron chi connectivity index (χ0n) is 17.4. The minimum absolute atomic E-state index is 0. The number of rotatable bonds is 12. The van der Waals surface area contributed by atoms with Crippen LogP contribution in [0.2, 0.25) is 0 Å². The quantitative estimate of drug-likeness (QED) is 0.319. The van der Waals surface area contributed by atoms with Crippen LogP contribution >= 0.6 is 0 Å². The molecule has 0 saturated heterocycles. The van der Waals surface area contributed by atoms with E-state index in [1.807, 2.05) is 0 Å². The first-order valence-corrected chi connectivity index (χ1v) is 11.4. The Hall–Kier alpha value is -1.05. The van der Waals surface area contributed by atoms with Crippen molar-refractivity contribution in [3.05, 3.63) is 48.0 Å². The van der Waals surface area contributed by atoms with Crippen LogP contribution in [0.3, 0.4) is 0 Å². The van der Waals surface area contributed by atoms with E-state index in [9.17, 15) is 18.1 Å². The molecular weight excluding hydrogens is 399 g/mol.